The van der Waals surface area contributed by atoms with Gasteiger partial charge in [-0.1, -0.05) is 26.0 Å². The van der Waals surface area contributed by atoms with Crippen LogP contribution in [0.2, 0.25) is 0 Å². The molecule has 0 bridgehead atoms. The Morgan fingerprint density at radius 1 is 1.14 bits per heavy atom. The van der Waals surface area contributed by atoms with E-state index in [9.17, 15) is 9.59 Å². The molecular weight excluding hydrogens is 268 g/mol. The minimum absolute atomic E-state index is 0.240. The number of nitrogens with one attached hydrogen (secondary N) is 1. The molecule has 0 heterocycles. The van der Waals surface area contributed by atoms with Gasteiger partial charge >= 0.3 is 5.97 Å². The third kappa shape index (κ3) is 5.19. The van der Waals surface area contributed by atoms with Crippen molar-refractivity contribution in [2.24, 2.45) is 0 Å². The Morgan fingerprint density at radius 3 is 2.33 bits per heavy atom. The summed E-state index contributed by atoms with van der Waals surface area (Å²) in [6, 6.07) is 6.67. The van der Waals surface area contributed by atoms with Crippen LogP contribution in [0.15, 0.2) is 24.3 Å². The molecule has 5 heteroatoms. The largest absolute Gasteiger partial charge is 0.465 e. The zero-order valence-corrected chi connectivity index (χ0v) is 13.0. The van der Waals surface area contributed by atoms with Crippen LogP contribution in [0.25, 0.3) is 0 Å². The predicted molar refractivity (Wildman–Crippen MR) is 82.5 cm³/mol. The molecule has 21 heavy (non-hydrogen) atoms. The van der Waals surface area contributed by atoms with Crippen LogP contribution in [0.5, 0.6) is 0 Å². The van der Waals surface area contributed by atoms with Crippen molar-refractivity contribution < 1.29 is 14.3 Å². The lowest BCUT2D eigenvalue weighted by molar-refractivity contribution is 0.0596. The summed E-state index contributed by atoms with van der Waals surface area (Å²) in [5.74, 6) is -0.737. The van der Waals surface area contributed by atoms with Gasteiger partial charge in [0.1, 0.15) is 0 Å². The Morgan fingerprint density at radius 2 is 1.76 bits per heavy atom. The van der Waals surface area contributed by atoms with Crippen LogP contribution in [0, 0.1) is 0 Å². The molecule has 0 atom stereocenters. The number of ether oxygens (including phenoxy) is 1. The first-order valence-corrected chi connectivity index (χ1v) is 7.31. The smallest absolute Gasteiger partial charge is 0.338 e. The van der Waals surface area contributed by atoms with E-state index in [1.807, 2.05) is 0 Å². The quantitative estimate of drug-likeness (QED) is 0.587. The fraction of sp³-hybridized carbons (Fsp3) is 0.500. The molecule has 1 aromatic rings. The van der Waals surface area contributed by atoms with E-state index in [-0.39, 0.29) is 5.91 Å². The highest BCUT2D eigenvalue weighted by Gasteiger charge is 2.16. The van der Waals surface area contributed by atoms with Gasteiger partial charge in [0.05, 0.1) is 18.2 Å². The van der Waals surface area contributed by atoms with Crippen molar-refractivity contribution in [3.63, 3.8) is 0 Å². The summed E-state index contributed by atoms with van der Waals surface area (Å²) in [5, 5.41) is 2.85. The van der Waals surface area contributed by atoms with Crippen molar-refractivity contribution in [2.45, 2.75) is 20.3 Å². The van der Waals surface area contributed by atoms with Gasteiger partial charge < -0.3 is 15.0 Å². The van der Waals surface area contributed by atoms with E-state index in [1.165, 1.54) is 7.11 Å². The van der Waals surface area contributed by atoms with Gasteiger partial charge in [0.2, 0.25) is 0 Å². The lowest BCUT2D eigenvalue weighted by Crippen LogP contribution is -2.30. The molecule has 0 aliphatic carbocycles. The summed E-state index contributed by atoms with van der Waals surface area (Å²) in [6.45, 7) is 7.80. The molecule has 0 saturated carbocycles. The number of rotatable bonds is 8. The van der Waals surface area contributed by atoms with E-state index >= 15 is 0 Å². The zero-order chi connectivity index (χ0) is 15.7. The molecule has 0 aromatic heterocycles. The molecule has 1 aromatic carbocycles. The van der Waals surface area contributed by atoms with Crippen molar-refractivity contribution >= 4 is 11.9 Å². The highest BCUT2D eigenvalue weighted by Crippen LogP contribution is 2.10. The number of amides is 1. The van der Waals surface area contributed by atoms with Crippen LogP contribution in [0.3, 0.4) is 0 Å². The normalized spacial score (nSPS) is 10.5. The van der Waals surface area contributed by atoms with E-state index in [4.69, 9.17) is 0 Å². The third-order valence-corrected chi connectivity index (χ3v) is 3.41. The number of hydrogen-bond acceptors (Lipinski definition) is 4. The van der Waals surface area contributed by atoms with Gasteiger partial charge in [-0.15, -0.1) is 0 Å². The highest BCUT2D eigenvalue weighted by molar-refractivity contribution is 6.05. The Labute approximate surface area is 126 Å². The summed E-state index contributed by atoms with van der Waals surface area (Å²) in [6.07, 6.45) is 0.883. The fourth-order valence-corrected chi connectivity index (χ4v) is 2.11. The summed E-state index contributed by atoms with van der Waals surface area (Å²) in [7, 11) is 1.31. The van der Waals surface area contributed by atoms with Crippen molar-refractivity contribution in [3.05, 3.63) is 35.4 Å². The molecule has 0 unspecified atom stereocenters. The SMILES string of the molecule is CCN(CC)CCCNC(=O)c1ccccc1C(=O)OC. The minimum Gasteiger partial charge on any atom is -0.465 e. The van der Waals surface area contributed by atoms with Crippen LogP contribution in [-0.2, 0) is 4.74 Å². The van der Waals surface area contributed by atoms with Crippen LogP contribution in [-0.4, -0.2) is 50.1 Å². The summed E-state index contributed by atoms with van der Waals surface area (Å²) < 4.78 is 4.69. The predicted octanol–water partition coefficient (Wildman–Crippen LogP) is 1.93. The first-order valence-electron chi connectivity index (χ1n) is 7.31. The number of nitrogens with zero attached hydrogens (tertiary/aromatic N) is 1. The zero-order valence-electron chi connectivity index (χ0n) is 13.0. The molecule has 0 spiro atoms. The topological polar surface area (TPSA) is 58.6 Å². The van der Waals surface area contributed by atoms with Crippen molar-refractivity contribution in [1.82, 2.24) is 10.2 Å². The van der Waals surface area contributed by atoms with Crippen molar-refractivity contribution in [3.8, 4) is 0 Å². The third-order valence-electron chi connectivity index (χ3n) is 3.41. The molecule has 0 fully saturated rings. The average Bonchev–Trinajstić information content (AvgIpc) is 2.54. The molecule has 0 radical (unpaired) electrons. The molecule has 0 saturated heterocycles. The van der Waals surface area contributed by atoms with E-state index in [0.29, 0.717) is 17.7 Å². The number of carbonyl (C=O) groups is 2. The first-order chi connectivity index (χ1) is 10.1. The number of hydrogen-bond donors (Lipinski definition) is 1. The molecule has 1 rings (SSSR count). The second-order valence-electron chi connectivity index (χ2n) is 4.67. The molecule has 0 aliphatic rings. The monoisotopic (exact) mass is 292 g/mol. The minimum atomic E-state index is -0.496. The number of esters is 1. The van der Waals surface area contributed by atoms with Crippen molar-refractivity contribution in [2.75, 3.05) is 33.3 Å². The Kier molecular flexibility index (Phi) is 7.46. The maximum atomic E-state index is 12.1. The van der Waals surface area contributed by atoms with Crippen LogP contribution in [0.1, 0.15) is 41.0 Å². The van der Waals surface area contributed by atoms with Gasteiger partial charge in [-0.05, 0) is 38.2 Å². The number of methoxy groups -OCH3 is 1. The fourth-order valence-electron chi connectivity index (χ4n) is 2.11. The van der Waals surface area contributed by atoms with Crippen LogP contribution < -0.4 is 5.32 Å². The van der Waals surface area contributed by atoms with E-state index in [2.05, 4.69) is 28.8 Å². The van der Waals surface area contributed by atoms with Gasteiger partial charge in [0.25, 0.3) is 5.91 Å². The second-order valence-corrected chi connectivity index (χ2v) is 4.67. The maximum absolute atomic E-state index is 12.1. The van der Waals surface area contributed by atoms with E-state index in [1.54, 1.807) is 24.3 Å². The Balaban J connectivity index is 2.55. The Hall–Kier alpha value is -1.88. The van der Waals surface area contributed by atoms with E-state index in [0.717, 1.165) is 26.1 Å². The standard InChI is InChI=1S/C16H24N2O3/c1-4-18(5-2)12-8-11-17-15(19)13-9-6-7-10-14(13)16(20)21-3/h6-7,9-10H,4-5,8,11-12H2,1-3H3,(H,17,19). The molecule has 0 aliphatic heterocycles. The summed E-state index contributed by atoms with van der Waals surface area (Å²) in [5.41, 5.74) is 0.647. The lowest BCUT2D eigenvalue weighted by atomic mass is 10.1. The Bertz CT molecular complexity index is 470. The highest BCUT2D eigenvalue weighted by atomic mass is 16.5. The maximum Gasteiger partial charge on any atom is 0.338 e. The summed E-state index contributed by atoms with van der Waals surface area (Å²) in [4.78, 5) is 26.1. The van der Waals surface area contributed by atoms with Crippen molar-refractivity contribution in [1.29, 1.82) is 0 Å². The molecule has 1 N–H and O–H groups in total. The number of carbonyl (C=O) groups excluding carboxylic acids is 2. The van der Waals surface area contributed by atoms with E-state index < -0.39 is 5.97 Å². The molecule has 116 valence electrons. The first kappa shape index (κ1) is 17.2. The van der Waals surface area contributed by atoms with Gasteiger partial charge in [-0.25, -0.2) is 4.79 Å². The van der Waals surface area contributed by atoms with Crippen LogP contribution >= 0.6 is 0 Å². The van der Waals surface area contributed by atoms with Gasteiger partial charge in [0, 0.05) is 6.54 Å². The lowest BCUT2D eigenvalue weighted by Gasteiger charge is -2.17. The summed E-state index contributed by atoms with van der Waals surface area (Å²) >= 11 is 0. The molecule has 1 amide bonds. The number of benzene rings is 1. The molecule has 5 nitrogen and oxygen atoms in total. The van der Waals surface area contributed by atoms with Gasteiger partial charge in [-0.2, -0.15) is 0 Å². The second kappa shape index (κ2) is 9.13. The molecular formula is C16H24N2O3. The van der Waals surface area contributed by atoms with Crippen LogP contribution in [0.4, 0.5) is 0 Å². The van der Waals surface area contributed by atoms with Gasteiger partial charge in [0.15, 0.2) is 0 Å². The average molecular weight is 292 g/mol. The van der Waals surface area contributed by atoms with Gasteiger partial charge in [-0.3, -0.25) is 4.79 Å².